The second kappa shape index (κ2) is 5.96. The summed E-state index contributed by atoms with van der Waals surface area (Å²) in [5.74, 6) is 1.58. The number of aliphatic imine (C=N–C) groups is 1. The van der Waals surface area contributed by atoms with E-state index in [9.17, 15) is 9.59 Å². The van der Waals surface area contributed by atoms with Crippen LogP contribution in [-0.2, 0) is 9.59 Å². The number of hydrogen-bond acceptors (Lipinski definition) is 3. The van der Waals surface area contributed by atoms with Gasteiger partial charge in [-0.1, -0.05) is 13.3 Å². The summed E-state index contributed by atoms with van der Waals surface area (Å²) in [4.78, 5) is 22.8. The Kier molecular flexibility index (Phi) is 5.26. The van der Waals surface area contributed by atoms with E-state index in [1.165, 1.54) is 6.08 Å². The first kappa shape index (κ1) is 8.83. The lowest BCUT2D eigenvalue weighted by molar-refractivity contribution is 0.559. The van der Waals surface area contributed by atoms with Crippen molar-refractivity contribution in [1.29, 1.82) is 0 Å². The van der Waals surface area contributed by atoms with Crippen molar-refractivity contribution in [2.45, 2.75) is 26.2 Å². The first-order chi connectivity index (χ1) is 4.85. The van der Waals surface area contributed by atoms with Crippen LogP contribution in [0.4, 0.5) is 0 Å². The van der Waals surface area contributed by atoms with Crippen LogP contribution in [-0.4, -0.2) is 12.0 Å². The summed E-state index contributed by atoms with van der Waals surface area (Å²) in [6.07, 6.45) is 3.65. The summed E-state index contributed by atoms with van der Waals surface area (Å²) in [5, 5.41) is 0. The standard InChI is InChI=1S/C7H9NO2/c1-2-3-4-7(5-9)8-6-10/h2-4H2,1H3. The number of rotatable bonds is 4. The molecule has 3 heteroatoms. The summed E-state index contributed by atoms with van der Waals surface area (Å²) in [7, 11) is 0. The normalized spacial score (nSPS) is 7.70. The van der Waals surface area contributed by atoms with E-state index >= 15 is 0 Å². The Bertz CT molecular complexity index is 186. The van der Waals surface area contributed by atoms with E-state index < -0.39 is 0 Å². The Balaban J connectivity index is 3.86. The molecule has 0 aromatic rings. The van der Waals surface area contributed by atoms with Gasteiger partial charge in [0.1, 0.15) is 11.6 Å². The number of allylic oxidation sites excluding steroid dienone is 1. The molecule has 0 aromatic carbocycles. The molecule has 0 aromatic heterocycles. The maximum absolute atomic E-state index is 9.97. The Morgan fingerprint density at radius 2 is 2.20 bits per heavy atom. The minimum absolute atomic E-state index is 0.164. The first-order valence-corrected chi connectivity index (χ1v) is 3.17. The van der Waals surface area contributed by atoms with Gasteiger partial charge in [0.25, 0.3) is 0 Å². The zero-order valence-electron chi connectivity index (χ0n) is 5.89. The van der Waals surface area contributed by atoms with Gasteiger partial charge in [-0.2, -0.15) is 4.99 Å². The van der Waals surface area contributed by atoms with E-state index in [1.807, 2.05) is 6.92 Å². The molecule has 3 nitrogen and oxygen atoms in total. The lowest BCUT2D eigenvalue weighted by atomic mass is 10.2. The van der Waals surface area contributed by atoms with Crippen LogP contribution in [0.1, 0.15) is 26.2 Å². The number of unbranched alkanes of at least 4 members (excludes halogenated alkanes) is 1. The van der Waals surface area contributed by atoms with Gasteiger partial charge in [0, 0.05) is 6.42 Å². The molecule has 0 amide bonds. The van der Waals surface area contributed by atoms with Crippen molar-refractivity contribution in [1.82, 2.24) is 0 Å². The highest BCUT2D eigenvalue weighted by molar-refractivity contribution is 5.55. The van der Waals surface area contributed by atoms with Crippen LogP contribution in [0.3, 0.4) is 0 Å². The molecule has 0 bridgehead atoms. The molecular weight excluding hydrogens is 130 g/mol. The molecule has 0 N–H and O–H groups in total. The van der Waals surface area contributed by atoms with Crippen LogP contribution >= 0.6 is 0 Å². The van der Waals surface area contributed by atoms with Crippen molar-refractivity contribution in [3.63, 3.8) is 0 Å². The van der Waals surface area contributed by atoms with E-state index in [0.29, 0.717) is 6.42 Å². The third-order valence-electron chi connectivity index (χ3n) is 1.07. The van der Waals surface area contributed by atoms with Crippen LogP contribution in [0.25, 0.3) is 0 Å². The smallest absolute Gasteiger partial charge is 0.231 e. The average molecular weight is 139 g/mol. The zero-order valence-corrected chi connectivity index (χ0v) is 5.89. The number of carbonyl (C=O) groups excluding carboxylic acids is 2. The summed E-state index contributed by atoms with van der Waals surface area (Å²) in [6.45, 7) is 1.99. The van der Waals surface area contributed by atoms with Crippen LogP contribution in [0.5, 0.6) is 0 Å². The van der Waals surface area contributed by atoms with Gasteiger partial charge in [0.2, 0.25) is 6.08 Å². The summed E-state index contributed by atoms with van der Waals surface area (Å²) >= 11 is 0. The van der Waals surface area contributed by atoms with Crippen molar-refractivity contribution >= 4 is 12.0 Å². The fourth-order valence-corrected chi connectivity index (χ4v) is 0.529. The highest BCUT2D eigenvalue weighted by atomic mass is 16.1. The predicted molar refractivity (Wildman–Crippen MR) is 36.9 cm³/mol. The Labute approximate surface area is 59.5 Å². The topological polar surface area (TPSA) is 46.5 Å². The molecule has 0 saturated heterocycles. The van der Waals surface area contributed by atoms with E-state index in [0.717, 1.165) is 12.8 Å². The van der Waals surface area contributed by atoms with E-state index in [2.05, 4.69) is 4.99 Å². The third kappa shape index (κ3) is 3.79. The number of hydrogen-bond donors (Lipinski definition) is 0. The van der Waals surface area contributed by atoms with Gasteiger partial charge in [-0.25, -0.2) is 9.59 Å². The molecule has 0 aliphatic rings. The number of nitrogens with zero attached hydrogens (tertiary/aromatic N) is 1. The van der Waals surface area contributed by atoms with Crippen molar-refractivity contribution in [3.05, 3.63) is 5.70 Å². The molecular formula is C7H9NO2. The highest BCUT2D eigenvalue weighted by Gasteiger charge is 1.92. The van der Waals surface area contributed by atoms with Gasteiger partial charge >= 0.3 is 0 Å². The molecule has 0 aliphatic heterocycles. The quantitative estimate of drug-likeness (QED) is 0.334. The third-order valence-corrected chi connectivity index (χ3v) is 1.07. The first-order valence-electron chi connectivity index (χ1n) is 3.17. The van der Waals surface area contributed by atoms with Gasteiger partial charge in [0.15, 0.2) is 0 Å². The molecule has 0 heterocycles. The molecule has 0 radical (unpaired) electrons. The maximum Gasteiger partial charge on any atom is 0.240 e. The van der Waals surface area contributed by atoms with Crippen LogP contribution in [0.15, 0.2) is 10.7 Å². The molecule has 10 heavy (non-hydrogen) atoms. The second-order valence-electron chi connectivity index (χ2n) is 1.86. The summed E-state index contributed by atoms with van der Waals surface area (Å²) in [6, 6.07) is 0. The molecule has 0 fully saturated rings. The Hall–Kier alpha value is -1.17. The summed E-state index contributed by atoms with van der Waals surface area (Å²) < 4.78 is 0. The van der Waals surface area contributed by atoms with Crippen LogP contribution in [0, 0.1) is 0 Å². The molecule has 0 rings (SSSR count). The van der Waals surface area contributed by atoms with Crippen molar-refractivity contribution in [3.8, 4) is 0 Å². The molecule has 0 spiro atoms. The lowest BCUT2D eigenvalue weighted by Crippen LogP contribution is -1.79. The van der Waals surface area contributed by atoms with Gasteiger partial charge in [0.05, 0.1) is 0 Å². The van der Waals surface area contributed by atoms with Crippen LogP contribution < -0.4 is 0 Å². The van der Waals surface area contributed by atoms with Gasteiger partial charge < -0.3 is 0 Å². The average Bonchev–Trinajstić information content (AvgIpc) is 1.98. The summed E-state index contributed by atoms with van der Waals surface area (Å²) in [5.41, 5.74) is 0.164. The van der Waals surface area contributed by atoms with Gasteiger partial charge in [-0.3, -0.25) is 0 Å². The van der Waals surface area contributed by atoms with Gasteiger partial charge in [-0.15, -0.1) is 0 Å². The van der Waals surface area contributed by atoms with Crippen LogP contribution in [0.2, 0.25) is 0 Å². The van der Waals surface area contributed by atoms with Crippen molar-refractivity contribution in [2.24, 2.45) is 4.99 Å². The predicted octanol–water partition coefficient (Wildman–Crippen LogP) is 1.23. The monoisotopic (exact) mass is 139 g/mol. The highest BCUT2D eigenvalue weighted by Crippen LogP contribution is 2.03. The molecule has 0 aliphatic carbocycles. The SMILES string of the molecule is CCCCC(=C=O)N=C=O. The zero-order chi connectivity index (χ0) is 7.82. The minimum atomic E-state index is 0.164. The molecule has 0 atom stereocenters. The fraction of sp³-hybridized carbons (Fsp3) is 0.571. The van der Waals surface area contributed by atoms with E-state index in [4.69, 9.17) is 0 Å². The Morgan fingerprint density at radius 1 is 1.50 bits per heavy atom. The van der Waals surface area contributed by atoms with Crippen molar-refractivity contribution in [2.75, 3.05) is 0 Å². The molecule has 54 valence electrons. The fourth-order valence-electron chi connectivity index (χ4n) is 0.529. The van der Waals surface area contributed by atoms with E-state index in [-0.39, 0.29) is 5.70 Å². The largest absolute Gasteiger partial charge is 0.240 e. The second-order valence-corrected chi connectivity index (χ2v) is 1.86. The lowest BCUT2D eigenvalue weighted by Gasteiger charge is -1.89. The molecule has 0 unspecified atom stereocenters. The van der Waals surface area contributed by atoms with E-state index in [1.54, 1.807) is 5.94 Å². The minimum Gasteiger partial charge on any atom is -0.231 e. The molecule has 0 saturated carbocycles. The Morgan fingerprint density at radius 3 is 2.60 bits per heavy atom. The number of isocyanates is 1. The maximum atomic E-state index is 9.97. The van der Waals surface area contributed by atoms with Gasteiger partial charge in [-0.05, 0) is 6.42 Å². The van der Waals surface area contributed by atoms with Crippen molar-refractivity contribution < 1.29 is 9.59 Å².